The maximum absolute atomic E-state index is 14.6. The highest BCUT2D eigenvalue weighted by molar-refractivity contribution is 6.33. The van der Waals surface area contributed by atoms with E-state index in [0.29, 0.717) is 28.6 Å². The van der Waals surface area contributed by atoms with E-state index < -0.39 is 5.97 Å². The van der Waals surface area contributed by atoms with Crippen molar-refractivity contribution in [3.8, 4) is 11.5 Å². The van der Waals surface area contributed by atoms with Crippen molar-refractivity contribution >= 4 is 29.4 Å². The van der Waals surface area contributed by atoms with Gasteiger partial charge in [0.15, 0.2) is 0 Å². The van der Waals surface area contributed by atoms with Crippen LogP contribution in [0.15, 0.2) is 60.7 Å². The summed E-state index contributed by atoms with van der Waals surface area (Å²) in [5, 5.41) is 15.2. The summed E-state index contributed by atoms with van der Waals surface area (Å²) in [7, 11) is 0. The lowest BCUT2D eigenvalue weighted by Gasteiger charge is -2.17. The Hall–Kier alpha value is -3.71. The lowest BCUT2D eigenvalue weighted by molar-refractivity contribution is -0.191. The minimum Gasteiger partial charge on any atom is -0.481 e. The molecule has 3 aromatic rings. The Morgan fingerprint density at radius 3 is 2.39 bits per heavy atom. The third-order valence-corrected chi connectivity index (χ3v) is 5.56. The number of aliphatic carboxylic acids is 1. The van der Waals surface area contributed by atoms with Gasteiger partial charge < -0.3 is 20.5 Å². The number of fused-ring (bicyclic) bond motifs is 1. The second-order valence-corrected chi connectivity index (χ2v) is 8.07. The number of rotatable bonds is 6. The topological polar surface area (TPSA) is 105 Å². The van der Waals surface area contributed by atoms with E-state index in [4.69, 9.17) is 31.0 Å². The molecule has 3 N–H and O–H groups in total. The second-order valence-electron chi connectivity index (χ2n) is 7.66. The number of carboxylic acids is 1. The maximum atomic E-state index is 14.6. The molecule has 1 heterocycles. The molecule has 0 atom stereocenters. The van der Waals surface area contributed by atoms with Crippen LogP contribution < -0.4 is 15.4 Å². The van der Waals surface area contributed by atoms with Crippen LogP contribution in [0.25, 0.3) is 0 Å². The highest BCUT2D eigenvalue weighted by Gasteiger charge is 2.15. The van der Waals surface area contributed by atoms with E-state index in [9.17, 15) is 9.18 Å². The average Bonchev–Trinajstić information content (AvgIpc) is 3.12. The van der Waals surface area contributed by atoms with Crippen LogP contribution in [0.3, 0.4) is 0 Å². The molecule has 190 valence electrons. The van der Waals surface area contributed by atoms with Gasteiger partial charge in [0, 0.05) is 24.6 Å². The summed E-state index contributed by atoms with van der Waals surface area (Å²) in [4.78, 5) is 25.6. The zero-order chi connectivity index (χ0) is 26.3. The zero-order valence-corrected chi connectivity index (χ0v) is 20.6. The summed E-state index contributed by atoms with van der Waals surface area (Å²) in [6.07, 6.45) is 2.35. The van der Waals surface area contributed by atoms with Gasteiger partial charge in [-0.1, -0.05) is 48.9 Å². The summed E-state index contributed by atoms with van der Waals surface area (Å²) in [5.74, 6) is 0.107. The fourth-order valence-corrected chi connectivity index (χ4v) is 3.72. The number of nitrogens with one attached hydrogen (secondary N) is 2. The van der Waals surface area contributed by atoms with Crippen LogP contribution in [0.5, 0.6) is 11.5 Å². The Kier molecular flexibility index (Phi) is 12.1. The smallest absolute Gasteiger partial charge is 0.373 e. The molecule has 1 aliphatic heterocycles. The first-order valence-corrected chi connectivity index (χ1v) is 11.7. The largest absolute Gasteiger partial charge is 0.481 e. The SMILES string of the molecule is CCC(=O)O.Fc1cc(Oc2ccccc2)ccc1CNc1c(Cl)ccc2c1CCNCC2.O=C=O. The van der Waals surface area contributed by atoms with Crippen LogP contribution in [0.1, 0.15) is 30.0 Å². The first-order chi connectivity index (χ1) is 17.4. The lowest BCUT2D eigenvalue weighted by atomic mass is 10.0. The minimum absolute atomic E-state index is 0.222. The van der Waals surface area contributed by atoms with Crippen molar-refractivity contribution in [2.75, 3.05) is 18.4 Å². The quantitative estimate of drug-likeness (QED) is 0.400. The van der Waals surface area contributed by atoms with Gasteiger partial charge in [-0.15, -0.1) is 0 Å². The van der Waals surface area contributed by atoms with Crippen LogP contribution in [-0.4, -0.2) is 30.3 Å². The Morgan fingerprint density at radius 2 is 1.75 bits per heavy atom. The van der Waals surface area contributed by atoms with Gasteiger partial charge in [-0.05, 0) is 61.3 Å². The Balaban J connectivity index is 0.000000501. The van der Waals surface area contributed by atoms with Crippen LogP contribution in [0.2, 0.25) is 5.02 Å². The molecule has 0 fully saturated rings. The van der Waals surface area contributed by atoms with Crippen molar-refractivity contribution in [2.24, 2.45) is 0 Å². The minimum atomic E-state index is -0.745. The van der Waals surface area contributed by atoms with E-state index in [0.717, 1.165) is 31.6 Å². The van der Waals surface area contributed by atoms with E-state index in [1.165, 1.54) is 17.2 Å². The number of para-hydroxylation sites is 1. The first-order valence-electron chi connectivity index (χ1n) is 11.4. The predicted octanol–water partition coefficient (Wildman–Crippen LogP) is 5.47. The summed E-state index contributed by atoms with van der Waals surface area (Å²) < 4.78 is 20.3. The molecule has 1 aliphatic rings. The number of benzene rings is 3. The third-order valence-electron chi connectivity index (χ3n) is 5.24. The number of hydrogen-bond donors (Lipinski definition) is 3. The van der Waals surface area contributed by atoms with Gasteiger partial charge >= 0.3 is 12.1 Å². The fourth-order valence-electron chi connectivity index (χ4n) is 3.48. The summed E-state index contributed by atoms with van der Waals surface area (Å²) >= 11 is 6.44. The van der Waals surface area contributed by atoms with Gasteiger partial charge in [0.2, 0.25) is 0 Å². The molecule has 0 amide bonds. The van der Waals surface area contributed by atoms with Crippen LogP contribution in [0.4, 0.5) is 10.1 Å². The molecule has 7 nitrogen and oxygen atoms in total. The number of carbonyl (C=O) groups excluding carboxylic acids is 2. The highest BCUT2D eigenvalue weighted by atomic mass is 35.5. The highest BCUT2D eigenvalue weighted by Crippen LogP contribution is 2.31. The van der Waals surface area contributed by atoms with Crippen molar-refractivity contribution in [2.45, 2.75) is 32.7 Å². The lowest BCUT2D eigenvalue weighted by Crippen LogP contribution is -2.16. The molecule has 0 aliphatic carbocycles. The predicted molar refractivity (Wildman–Crippen MR) is 135 cm³/mol. The van der Waals surface area contributed by atoms with Crippen LogP contribution in [0, 0.1) is 5.82 Å². The van der Waals surface area contributed by atoms with Crippen molar-refractivity contribution in [1.82, 2.24) is 5.32 Å². The van der Waals surface area contributed by atoms with Crippen LogP contribution >= 0.6 is 11.6 Å². The number of ether oxygens (including phenoxy) is 1. The van der Waals surface area contributed by atoms with Gasteiger partial charge in [-0.3, -0.25) is 4.79 Å². The number of carbonyl (C=O) groups is 1. The molecule has 0 aromatic heterocycles. The molecular formula is C27H28ClFN2O5. The summed E-state index contributed by atoms with van der Waals surface area (Å²) in [5.41, 5.74) is 4.00. The van der Waals surface area contributed by atoms with E-state index in [1.807, 2.05) is 36.4 Å². The molecule has 0 spiro atoms. The van der Waals surface area contributed by atoms with Gasteiger partial charge in [0.1, 0.15) is 17.3 Å². The number of anilines is 1. The standard InChI is InChI=1S/C23H22ClFN2O.C3H6O2.CO2/c24-21-9-7-16-10-12-26-13-11-20(16)23(21)27-15-17-6-8-19(14-22(17)25)28-18-4-2-1-3-5-18;1-2-3(4)5;2-1-3/h1-9,14,26-27H,10-13,15H2;2H2,1H3,(H,4,5);. The molecular weight excluding hydrogens is 487 g/mol. The third kappa shape index (κ3) is 9.15. The molecule has 0 bridgehead atoms. The van der Waals surface area contributed by atoms with E-state index in [-0.39, 0.29) is 18.4 Å². The van der Waals surface area contributed by atoms with Gasteiger partial charge in [-0.25, -0.2) is 4.39 Å². The van der Waals surface area contributed by atoms with E-state index in [1.54, 1.807) is 19.1 Å². The number of halogens is 2. The zero-order valence-electron chi connectivity index (χ0n) is 19.9. The number of carboxylic acid groups (broad SMARTS) is 1. The Morgan fingerprint density at radius 1 is 1.08 bits per heavy atom. The fraction of sp³-hybridized carbons (Fsp3) is 0.259. The summed E-state index contributed by atoms with van der Waals surface area (Å²) in [6.45, 7) is 3.84. The molecule has 0 unspecified atom stereocenters. The van der Waals surface area contributed by atoms with Gasteiger partial charge in [0.25, 0.3) is 0 Å². The molecule has 3 aromatic carbocycles. The van der Waals surface area contributed by atoms with Crippen molar-refractivity contribution in [3.05, 3.63) is 88.2 Å². The Bertz CT molecular complexity index is 1170. The summed E-state index contributed by atoms with van der Waals surface area (Å²) in [6, 6.07) is 18.3. The molecule has 36 heavy (non-hydrogen) atoms. The monoisotopic (exact) mass is 514 g/mol. The molecule has 9 heteroatoms. The average molecular weight is 515 g/mol. The number of hydrogen-bond acceptors (Lipinski definition) is 6. The van der Waals surface area contributed by atoms with Crippen LogP contribution in [-0.2, 0) is 33.8 Å². The molecule has 0 saturated heterocycles. The second kappa shape index (κ2) is 15.3. The molecule has 0 saturated carbocycles. The molecule has 0 radical (unpaired) electrons. The van der Waals surface area contributed by atoms with Crippen molar-refractivity contribution in [1.29, 1.82) is 0 Å². The first kappa shape index (κ1) is 28.5. The van der Waals surface area contributed by atoms with Crippen molar-refractivity contribution in [3.63, 3.8) is 0 Å². The van der Waals surface area contributed by atoms with E-state index >= 15 is 0 Å². The van der Waals surface area contributed by atoms with E-state index in [2.05, 4.69) is 16.7 Å². The van der Waals surface area contributed by atoms with Gasteiger partial charge in [-0.2, -0.15) is 9.59 Å². The normalized spacial score (nSPS) is 11.8. The maximum Gasteiger partial charge on any atom is 0.373 e. The van der Waals surface area contributed by atoms with Gasteiger partial charge in [0.05, 0.1) is 10.7 Å². The van der Waals surface area contributed by atoms with Crippen molar-refractivity contribution < 1.29 is 28.6 Å². The Labute approximate surface area is 214 Å². The molecule has 4 rings (SSSR count).